The molecule has 3 rings (SSSR count). The smallest absolute Gasteiger partial charge is 0.245 e. The zero-order valence-corrected chi connectivity index (χ0v) is 10.3. The molecule has 19 heavy (non-hydrogen) atoms. The first-order chi connectivity index (χ1) is 9.28. The Hall–Kier alpha value is -2.76. The van der Waals surface area contributed by atoms with Crippen LogP contribution in [0.1, 0.15) is 0 Å². The molecule has 2 heterocycles. The minimum absolute atomic E-state index is 0.476. The van der Waals surface area contributed by atoms with Crippen molar-refractivity contribution >= 4 is 11.2 Å². The maximum absolute atomic E-state index is 5.84. The van der Waals surface area contributed by atoms with Crippen LogP contribution in [-0.4, -0.2) is 21.7 Å². The molecule has 0 aliphatic rings. The van der Waals surface area contributed by atoms with Gasteiger partial charge in [0.2, 0.25) is 5.88 Å². The summed E-state index contributed by atoms with van der Waals surface area (Å²) in [5.41, 5.74) is 7.14. The highest BCUT2D eigenvalue weighted by molar-refractivity contribution is 5.59. The molecule has 0 aliphatic carbocycles. The molecule has 0 unspecified atom stereocenters. The molecule has 0 saturated heterocycles. The normalized spacial score (nSPS) is 10.6. The Bertz CT molecular complexity index is 723. The average molecular weight is 256 g/mol. The van der Waals surface area contributed by atoms with Crippen LogP contribution in [0.4, 0.5) is 5.69 Å². The molecule has 0 saturated carbocycles. The summed E-state index contributed by atoms with van der Waals surface area (Å²) < 4.78 is 12.5. The van der Waals surface area contributed by atoms with Crippen LogP contribution in [0.25, 0.3) is 5.52 Å². The Kier molecular flexibility index (Phi) is 2.68. The summed E-state index contributed by atoms with van der Waals surface area (Å²) in [6.07, 6.45) is 5.07. The van der Waals surface area contributed by atoms with Gasteiger partial charge in [-0.15, -0.1) is 0 Å². The van der Waals surface area contributed by atoms with Crippen molar-refractivity contribution in [2.45, 2.75) is 0 Å². The van der Waals surface area contributed by atoms with E-state index in [9.17, 15) is 0 Å². The van der Waals surface area contributed by atoms with Crippen molar-refractivity contribution in [1.82, 2.24) is 14.6 Å². The van der Waals surface area contributed by atoms with Gasteiger partial charge in [0.25, 0.3) is 0 Å². The fourth-order valence-electron chi connectivity index (χ4n) is 1.80. The molecule has 1 aromatic carbocycles. The van der Waals surface area contributed by atoms with Gasteiger partial charge in [-0.25, -0.2) is 9.50 Å². The number of fused-ring (bicyclic) bond motifs is 1. The third kappa shape index (κ3) is 2.03. The maximum Gasteiger partial charge on any atom is 0.245 e. The van der Waals surface area contributed by atoms with Crippen molar-refractivity contribution in [2.75, 3.05) is 12.8 Å². The molecule has 0 spiro atoms. The van der Waals surface area contributed by atoms with Gasteiger partial charge in [0, 0.05) is 18.5 Å². The second-order valence-electron chi connectivity index (χ2n) is 3.90. The summed E-state index contributed by atoms with van der Waals surface area (Å²) in [5, 5.41) is 4.12. The molecule has 2 aromatic heterocycles. The van der Waals surface area contributed by atoms with Crippen LogP contribution in [0.3, 0.4) is 0 Å². The van der Waals surface area contributed by atoms with Gasteiger partial charge in [-0.3, -0.25) is 0 Å². The highest BCUT2D eigenvalue weighted by Crippen LogP contribution is 2.29. The number of nitrogens with two attached hydrogens (primary N) is 1. The topological polar surface area (TPSA) is 74.7 Å². The van der Waals surface area contributed by atoms with E-state index < -0.39 is 0 Å². The fraction of sp³-hybridized carbons (Fsp3) is 0.0769. The molecule has 0 amide bonds. The van der Waals surface area contributed by atoms with Crippen LogP contribution >= 0.6 is 0 Å². The van der Waals surface area contributed by atoms with E-state index in [2.05, 4.69) is 10.1 Å². The zero-order valence-electron chi connectivity index (χ0n) is 10.3. The van der Waals surface area contributed by atoms with E-state index in [0.29, 0.717) is 23.1 Å². The lowest BCUT2D eigenvalue weighted by Crippen LogP contribution is -1.96. The molecule has 0 radical (unpaired) electrons. The van der Waals surface area contributed by atoms with E-state index in [4.69, 9.17) is 15.2 Å². The van der Waals surface area contributed by atoms with E-state index >= 15 is 0 Å². The van der Waals surface area contributed by atoms with Crippen LogP contribution in [0.2, 0.25) is 0 Å². The molecule has 0 fully saturated rings. The van der Waals surface area contributed by atoms with E-state index in [1.807, 2.05) is 6.07 Å². The van der Waals surface area contributed by atoms with Gasteiger partial charge in [0.05, 0.1) is 19.0 Å². The summed E-state index contributed by atoms with van der Waals surface area (Å²) >= 11 is 0. The second-order valence-corrected chi connectivity index (χ2v) is 3.90. The minimum Gasteiger partial charge on any atom is -0.495 e. The van der Waals surface area contributed by atoms with Crippen LogP contribution in [0, 0.1) is 0 Å². The predicted octanol–water partition coefficient (Wildman–Crippen LogP) is 2.11. The molecule has 0 bridgehead atoms. The molecule has 6 nitrogen and oxygen atoms in total. The fourth-order valence-corrected chi connectivity index (χ4v) is 1.80. The van der Waals surface area contributed by atoms with Gasteiger partial charge in [-0.05, 0) is 18.2 Å². The number of ether oxygens (including phenoxy) is 2. The number of methoxy groups -OCH3 is 1. The molecular weight excluding hydrogens is 244 g/mol. The first-order valence-electron chi connectivity index (χ1n) is 5.67. The van der Waals surface area contributed by atoms with E-state index in [-0.39, 0.29) is 0 Å². The summed E-state index contributed by atoms with van der Waals surface area (Å²) in [6, 6.07) is 7.05. The molecule has 6 heteroatoms. The number of hydrogen-bond donors (Lipinski definition) is 1. The zero-order chi connectivity index (χ0) is 13.2. The van der Waals surface area contributed by atoms with Crippen LogP contribution in [-0.2, 0) is 0 Å². The number of rotatable bonds is 3. The van der Waals surface area contributed by atoms with Gasteiger partial charge >= 0.3 is 0 Å². The lowest BCUT2D eigenvalue weighted by molar-refractivity contribution is 0.414. The Morgan fingerprint density at radius 2 is 2.11 bits per heavy atom. The largest absolute Gasteiger partial charge is 0.495 e. The molecule has 0 aliphatic heterocycles. The van der Waals surface area contributed by atoms with Crippen molar-refractivity contribution < 1.29 is 9.47 Å². The quantitative estimate of drug-likeness (QED) is 0.726. The molecule has 2 N–H and O–H groups in total. The summed E-state index contributed by atoms with van der Waals surface area (Å²) in [7, 11) is 1.57. The summed E-state index contributed by atoms with van der Waals surface area (Å²) in [5.74, 6) is 1.69. The van der Waals surface area contributed by atoms with Crippen LogP contribution in [0.5, 0.6) is 17.4 Å². The molecular formula is C13H12N4O2. The maximum atomic E-state index is 5.84. The van der Waals surface area contributed by atoms with Crippen molar-refractivity contribution in [3.63, 3.8) is 0 Å². The molecule has 3 aromatic rings. The number of benzene rings is 1. The first-order valence-corrected chi connectivity index (χ1v) is 5.67. The molecule has 0 atom stereocenters. The Labute approximate surface area is 109 Å². The monoisotopic (exact) mass is 256 g/mol. The van der Waals surface area contributed by atoms with Crippen molar-refractivity contribution in [3.05, 3.63) is 42.9 Å². The van der Waals surface area contributed by atoms with Crippen molar-refractivity contribution in [2.24, 2.45) is 0 Å². The standard InChI is InChI=1S/C13H12N4O2/c1-18-12-3-2-9(8-10(12)14)19-13-11-4-5-16-17(11)7-6-15-13/h2-8H,14H2,1H3. The van der Waals surface area contributed by atoms with Gasteiger partial charge in [0.15, 0.2) is 0 Å². The van der Waals surface area contributed by atoms with Crippen LogP contribution in [0.15, 0.2) is 42.9 Å². The first kappa shape index (κ1) is 11.3. The number of hydrogen-bond acceptors (Lipinski definition) is 5. The van der Waals surface area contributed by atoms with Gasteiger partial charge in [-0.1, -0.05) is 0 Å². The Morgan fingerprint density at radius 3 is 2.89 bits per heavy atom. The summed E-state index contributed by atoms with van der Waals surface area (Å²) in [4.78, 5) is 4.19. The van der Waals surface area contributed by atoms with E-state index in [1.54, 1.807) is 48.4 Å². The van der Waals surface area contributed by atoms with Gasteiger partial charge in [-0.2, -0.15) is 5.10 Å². The lowest BCUT2D eigenvalue weighted by Gasteiger charge is -2.08. The Morgan fingerprint density at radius 1 is 1.21 bits per heavy atom. The van der Waals surface area contributed by atoms with Crippen molar-refractivity contribution in [1.29, 1.82) is 0 Å². The number of nitrogens with zero attached hydrogens (tertiary/aromatic N) is 3. The van der Waals surface area contributed by atoms with Gasteiger partial charge in [0.1, 0.15) is 17.0 Å². The third-order valence-electron chi connectivity index (χ3n) is 2.70. The highest BCUT2D eigenvalue weighted by atomic mass is 16.5. The van der Waals surface area contributed by atoms with Gasteiger partial charge < -0.3 is 15.2 Å². The van der Waals surface area contributed by atoms with Crippen molar-refractivity contribution in [3.8, 4) is 17.4 Å². The highest BCUT2D eigenvalue weighted by Gasteiger charge is 2.07. The van der Waals surface area contributed by atoms with E-state index in [1.165, 1.54) is 0 Å². The summed E-state index contributed by atoms with van der Waals surface area (Å²) in [6.45, 7) is 0. The third-order valence-corrected chi connectivity index (χ3v) is 2.70. The minimum atomic E-state index is 0.476. The predicted molar refractivity (Wildman–Crippen MR) is 70.5 cm³/mol. The van der Waals surface area contributed by atoms with Crippen LogP contribution < -0.4 is 15.2 Å². The molecule has 96 valence electrons. The second kappa shape index (κ2) is 4.49. The number of aromatic nitrogens is 3. The Balaban J connectivity index is 1.97. The SMILES string of the molecule is COc1ccc(Oc2nccn3nccc23)cc1N. The number of nitrogen functional groups attached to an aromatic ring is 1. The number of anilines is 1. The average Bonchev–Trinajstić information content (AvgIpc) is 2.88. The van der Waals surface area contributed by atoms with E-state index in [0.717, 1.165) is 5.52 Å². The lowest BCUT2D eigenvalue weighted by atomic mass is 10.3.